The summed E-state index contributed by atoms with van der Waals surface area (Å²) in [5.41, 5.74) is 7.41. The van der Waals surface area contributed by atoms with Crippen molar-refractivity contribution >= 4 is 16.8 Å². The predicted molar refractivity (Wildman–Crippen MR) is 145 cm³/mol. The molecule has 3 N–H and O–H groups in total. The van der Waals surface area contributed by atoms with E-state index in [-0.39, 0.29) is 11.7 Å². The first-order valence-electron chi connectivity index (χ1n) is 12.6. The summed E-state index contributed by atoms with van der Waals surface area (Å²) < 4.78 is 1.60. The van der Waals surface area contributed by atoms with Crippen LogP contribution in [0.4, 0.5) is 0 Å². The summed E-state index contributed by atoms with van der Waals surface area (Å²) in [7, 11) is 0. The Hall–Kier alpha value is -3.11. The van der Waals surface area contributed by atoms with E-state index < -0.39 is 0 Å². The quantitative estimate of drug-likeness (QED) is 0.165. The molecule has 4 nitrogen and oxygen atoms in total. The molecule has 182 valence electrons. The van der Waals surface area contributed by atoms with Gasteiger partial charge in [-0.3, -0.25) is 9.36 Å². The Balaban J connectivity index is 1.73. The van der Waals surface area contributed by atoms with Gasteiger partial charge in [-0.25, -0.2) is 0 Å². The second-order valence-corrected chi connectivity index (χ2v) is 8.45. The summed E-state index contributed by atoms with van der Waals surface area (Å²) in [5, 5.41) is 10.6. The van der Waals surface area contributed by atoms with E-state index in [1.54, 1.807) is 35.0 Å². The van der Waals surface area contributed by atoms with Crippen molar-refractivity contribution in [3.05, 3.63) is 90.7 Å². The van der Waals surface area contributed by atoms with Crippen molar-refractivity contribution in [2.45, 2.75) is 64.7 Å². The lowest BCUT2D eigenvalue weighted by atomic mass is 10.1. The van der Waals surface area contributed by atoms with Crippen LogP contribution >= 0.6 is 0 Å². The summed E-state index contributed by atoms with van der Waals surface area (Å²) in [4.78, 5) is 12.6. The third kappa shape index (κ3) is 9.80. The van der Waals surface area contributed by atoms with E-state index in [2.05, 4.69) is 19.1 Å². The largest absolute Gasteiger partial charge is 0.508 e. The highest BCUT2D eigenvalue weighted by Crippen LogP contribution is 2.26. The minimum absolute atomic E-state index is 0.140. The van der Waals surface area contributed by atoms with Gasteiger partial charge in [0.15, 0.2) is 0 Å². The van der Waals surface area contributed by atoms with Crippen LogP contribution in [0.3, 0.4) is 0 Å². The minimum Gasteiger partial charge on any atom is -0.508 e. The standard InChI is InChI=1S/C30H40N2O2/c1-2-3-4-5-6-7-8-9-10-11-12-13-14-15-16-17-18-19-30(34)32-25-26(22-23-31)28-24-27(33)20-21-29(28)32/h10-21,24-25,33H,2-9,22-23,31H2,1H3/b11-10+,13-12+,15-14+,17-16+,19-18+. The number of fused-ring (bicyclic) bond motifs is 1. The molecule has 0 spiro atoms. The first-order valence-corrected chi connectivity index (χ1v) is 12.6. The van der Waals surface area contributed by atoms with E-state index in [1.165, 1.54) is 51.0 Å². The van der Waals surface area contributed by atoms with Crippen LogP contribution in [0.2, 0.25) is 0 Å². The maximum Gasteiger partial charge on any atom is 0.255 e. The fourth-order valence-corrected chi connectivity index (χ4v) is 3.82. The maximum absolute atomic E-state index is 12.6. The van der Waals surface area contributed by atoms with E-state index in [9.17, 15) is 9.90 Å². The summed E-state index contributed by atoms with van der Waals surface area (Å²) in [6.07, 6.45) is 32.3. The van der Waals surface area contributed by atoms with Crippen LogP contribution < -0.4 is 5.73 Å². The molecule has 0 aliphatic heterocycles. The number of phenolic OH excluding ortho intramolecular Hbond substituents is 1. The third-order valence-electron chi connectivity index (χ3n) is 5.65. The highest BCUT2D eigenvalue weighted by atomic mass is 16.3. The topological polar surface area (TPSA) is 68.2 Å². The molecular weight excluding hydrogens is 420 g/mol. The Morgan fingerprint density at radius 3 is 2.26 bits per heavy atom. The number of nitrogens with two attached hydrogens (primary N) is 1. The van der Waals surface area contributed by atoms with Crippen molar-refractivity contribution in [1.29, 1.82) is 0 Å². The lowest BCUT2D eigenvalue weighted by molar-refractivity contribution is 0.0973. The Morgan fingerprint density at radius 2 is 1.56 bits per heavy atom. The molecule has 0 fully saturated rings. The van der Waals surface area contributed by atoms with Gasteiger partial charge in [0, 0.05) is 17.7 Å². The van der Waals surface area contributed by atoms with E-state index in [4.69, 9.17) is 5.73 Å². The van der Waals surface area contributed by atoms with Gasteiger partial charge < -0.3 is 10.8 Å². The first kappa shape index (κ1) is 27.1. The number of hydrogen-bond donors (Lipinski definition) is 2. The Kier molecular flexibility index (Phi) is 13.2. The third-order valence-corrected chi connectivity index (χ3v) is 5.65. The molecule has 0 aliphatic rings. The molecule has 0 atom stereocenters. The number of carbonyl (C=O) groups is 1. The summed E-state index contributed by atoms with van der Waals surface area (Å²) in [6.45, 7) is 2.74. The number of unbranched alkanes of at least 4 members (excludes halogenated alkanes) is 7. The number of benzene rings is 1. The lowest BCUT2D eigenvalue weighted by Gasteiger charge is -1.99. The Labute approximate surface area is 204 Å². The number of rotatable bonds is 15. The second-order valence-electron chi connectivity index (χ2n) is 8.45. The normalized spacial score (nSPS) is 12.6. The molecule has 0 amide bonds. The number of hydrogen-bond acceptors (Lipinski definition) is 3. The van der Waals surface area contributed by atoms with Gasteiger partial charge in [0.2, 0.25) is 0 Å². The first-order chi connectivity index (χ1) is 16.7. The monoisotopic (exact) mass is 460 g/mol. The van der Waals surface area contributed by atoms with Crippen molar-refractivity contribution in [3.63, 3.8) is 0 Å². The summed E-state index contributed by atoms with van der Waals surface area (Å²) in [5.74, 6) is 0.0394. The van der Waals surface area contributed by atoms with Crippen LogP contribution in [0.1, 0.15) is 68.6 Å². The molecule has 34 heavy (non-hydrogen) atoms. The zero-order valence-electron chi connectivity index (χ0n) is 20.5. The van der Waals surface area contributed by atoms with E-state index >= 15 is 0 Å². The summed E-state index contributed by atoms with van der Waals surface area (Å²) in [6, 6.07) is 5.02. The van der Waals surface area contributed by atoms with Gasteiger partial charge in [-0.15, -0.1) is 0 Å². The van der Waals surface area contributed by atoms with Crippen LogP contribution in [-0.4, -0.2) is 22.1 Å². The number of allylic oxidation sites excluding steroid dienone is 10. The van der Waals surface area contributed by atoms with Gasteiger partial charge in [-0.1, -0.05) is 100 Å². The number of phenols is 1. The fraction of sp³-hybridized carbons (Fsp3) is 0.367. The van der Waals surface area contributed by atoms with Crippen molar-refractivity contribution in [1.82, 2.24) is 4.57 Å². The van der Waals surface area contributed by atoms with Crippen molar-refractivity contribution < 1.29 is 9.90 Å². The SMILES string of the molecule is CCCCCCCCC/C=C/C=C/C=C/C=C/C=C/C(=O)n1cc(CCN)c2cc(O)ccc21. The number of nitrogens with zero attached hydrogens (tertiary/aromatic N) is 1. The lowest BCUT2D eigenvalue weighted by Crippen LogP contribution is -2.06. The van der Waals surface area contributed by atoms with Crippen molar-refractivity contribution in [2.24, 2.45) is 5.73 Å². The van der Waals surface area contributed by atoms with Crippen LogP contribution in [0.25, 0.3) is 10.9 Å². The molecule has 0 unspecified atom stereocenters. The average Bonchev–Trinajstić information content (AvgIpc) is 3.18. The fourth-order valence-electron chi connectivity index (χ4n) is 3.82. The molecule has 0 saturated heterocycles. The molecule has 2 rings (SSSR count). The number of carbonyl (C=O) groups excluding carboxylic acids is 1. The van der Waals surface area contributed by atoms with Gasteiger partial charge in [-0.2, -0.15) is 0 Å². The minimum atomic E-state index is -0.140. The average molecular weight is 461 g/mol. The van der Waals surface area contributed by atoms with Gasteiger partial charge in [0.25, 0.3) is 5.91 Å². The zero-order chi connectivity index (χ0) is 24.4. The van der Waals surface area contributed by atoms with Crippen LogP contribution in [0.15, 0.2) is 85.2 Å². The predicted octanol–water partition coefficient (Wildman–Crippen LogP) is 7.41. The van der Waals surface area contributed by atoms with Crippen LogP contribution in [0.5, 0.6) is 5.75 Å². The molecule has 0 aliphatic carbocycles. The number of aromatic hydroxyl groups is 1. The Bertz CT molecular complexity index is 1020. The Morgan fingerprint density at radius 1 is 0.912 bits per heavy atom. The van der Waals surface area contributed by atoms with Crippen molar-refractivity contribution in [2.75, 3.05) is 6.54 Å². The van der Waals surface area contributed by atoms with E-state index in [1.807, 2.05) is 36.5 Å². The highest BCUT2D eigenvalue weighted by molar-refractivity contribution is 5.99. The van der Waals surface area contributed by atoms with Gasteiger partial charge in [0.1, 0.15) is 5.75 Å². The molecule has 1 heterocycles. The summed E-state index contributed by atoms with van der Waals surface area (Å²) >= 11 is 0. The molecule has 4 heteroatoms. The molecule has 0 radical (unpaired) electrons. The molecule has 1 aromatic carbocycles. The van der Waals surface area contributed by atoms with Crippen molar-refractivity contribution in [3.8, 4) is 5.75 Å². The molecule has 0 bridgehead atoms. The highest BCUT2D eigenvalue weighted by Gasteiger charge is 2.12. The van der Waals surface area contributed by atoms with Gasteiger partial charge >= 0.3 is 0 Å². The molecule has 2 aromatic rings. The van der Waals surface area contributed by atoms with Gasteiger partial charge in [0.05, 0.1) is 5.52 Å². The van der Waals surface area contributed by atoms with E-state index in [0.29, 0.717) is 13.0 Å². The number of aromatic nitrogens is 1. The molecule has 0 saturated carbocycles. The smallest absolute Gasteiger partial charge is 0.255 e. The maximum atomic E-state index is 12.6. The van der Waals surface area contributed by atoms with Crippen LogP contribution in [0, 0.1) is 0 Å². The van der Waals surface area contributed by atoms with Gasteiger partial charge in [-0.05, 0) is 49.6 Å². The molecular formula is C30H40N2O2. The van der Waals surface area contributed by atoms with E-state index in [0.717, 1.165) is 22.9 Å². The molecule has 1 aromatic heterocycles. The zero-order valence-corrected chi connectivity index (χ0v) is 20.5. The second kappa shape index (κ2) is 16.5. The van der Waals surface area contributed by atoms with Crippen LogP contribution in [-0.2, 0) is 6.42 Å².